The number of carbonyl (C=O) groups is 1. The van der Waals surface area contributed by atoms with Crippen molar-refractivity contribution >= 4 is 34.1 Å². The highest BCUT2D eigenvalue weighted by Crippen LogP contribution is 2.23. The number of benzene rings is 2. The molecule has 0 unspecified atom stereocenters. The van der Waals surface area contributed by atoms with Crippen LogP contribution in [-0.2, 0) is 0 Å². The van der Waals surface area contributed by atoms with Crippen LogP contribution in [0.25, 0.3) is 10.9 Å². The number of ether oxygens (including phenoxy) is 1. The minimum Gasteiger partial charge on any atom is -0.491 e. The van der Waals surface area contributed by atoms with E-state index in [-0.39, 0.29) is 17.7 Å². The van der Waals surface area contributed by atoms with Crippen molar-refractivity contribution in [2.24, 2.45) is 0 Å². The summed E-state index contributed by atoms with van der Waals surface area (Å²) >= 11 is 0. The maximum absolute atomic E-state index is 12.6. The third-order valence-corrected chi connectivity index (χ3v) is 4.25. The van der Waals surface area contributed by atoms with Gasteiger partial charge in [-0.1, -0.05) is 18.2 Å². The molecule has 0 aliphatic rings. The van der Waals surface area contributed by atoms with Crippen LogP contribution in [-0.4, -0.2) is 27.0 Å². The van der Waals surface area contributed by atoms with Crippen LogP contribution in [0.1, 0.15) is 24.3 Å². The van der Waals surface area contributed by atoms with E-state index in [2.05, 4.69) is 25.6 Å². The molecular weight excluding hydrogens is 378 g/mol. The molecule has 0 radical (unpaired) electrons. The zero-order valence-electron chi connectivity index (χ0n) is 16.7. The molecule has 7 nitrogen and oxygen atoms in total. The fourth-order valence-electron chi connectivity index (χ4n) is 2.96. The van der Waals surface area contributed by atoms with Gasteiger partial charge in [-0.2, -0.15) is 0 Å². The summed E-state index contributed by atoms with van der Waals surface area (Å²) in [6, 6.07) is 18.4. The third kappa shape index (κ3) is 4.52. The molecule has 0 aliphatic carbocycles. The maximum Gasteiger partial charge on any atom is 0.274 e. The molecule has 0 spiro atoms. The summed E-state index contributed by atoms with van der Waals surface area (Å²) in [6.07, 6.45) is 3.37. The standard InChI is InChI=1S/C23H21N5O2/c1-15(2)30-18-10-8-17(9-11-18)26-22(29)20-12-14-25-23(28-20)27-19-7-3-5-16-6-4-13-24-21(16)19/h3-15H,1-2H3,(H,26,29)(H,25,27,28). The number of rotatable bonds is 6. The second kappa shape index (κ2) is 8.57. The lowest BCUT2D eigenvalue weighted by Gasteiger charge is -2.11. The first-order valence-electron chi connectivity index (χ1n) is 9.60. The van der Waals surface area contributed by atoms with Gasteiger partial charge in [-0.3, -0.25) is 9.78 Å². The van der Waals surface area contributed by atoms with E-state index in [1.165, 1.54) is 0 Å². The maximum atomic E-state index is 12.6. The van der Waals surface area contributed by atoms with Gasteiger partial charge in [0, 0.05) is 23.5 Å². The summed E-state index contributed by atoms with van der Waals surface area (Å²) in [4.78, 5) is 25.6. The molecule has 0 saturated carbocycles. The SMILES string of the molecule is CC(C)Oc1ccc(NC(=O)c2ccnc(Nc3cccc4cccnc34)n2)cc1. The van der Waals surface area contributed by atoms with Gasteiger partial charge in [0.2, 0.25) is 5.95 Å². The minimum absolute atomic E-state index is 0.0920. The lowest BCUT2D eigenvalue weighted by atomic mass is 10.2. The zero-order valence-corrected chi connectivity index (χ0v) is 16.7. The molecule has 0 fully saturated rings. The van der Waals surface area contributed by atoms with Gasteiger partial charge in [-0.05, 0) is 56.3 Å². The molecule has 0 bridgehead atoms. The molecule has 2 heterocycles. The highest BCUT2D eigenvalue weighted by atomic mass is 16.5. The molecule has 0 saturated heterocycles. The van der Waals surface area contributed by atoms with E-state index >= 15 is 0 Å². The number of para-hydroxylation sites is 1. The fourth-order valence-corrected chi connectivity index (χ4v) is 2.96. The van der Waals surface area contributed by atoms with Crippen LogP contribution in [0, 0.1) is 0 Å². The van der Waals surface area contributed by atoms with Crippen molar-refractivity contribution in [2.75, 3.05) is 10.6 Å². The molecule has 150 valence electrons. The minimum atomic E-state index is -0.325. The topological polar surface area (TPSA) is 89.0 Å². The normalized spacial score (nSPS) is 10.8. The third-order valence-electron chi connectivity index (χ3n) is 4.25. The molecule has 2 aromatic carbocycles. The summed E-state index contributed by atoms with van der Waals surface area (Å²) in [6.45, 7) is 3.93. The van der Waals surface area contributed by atoms with Crippen molar-refractivity contribution in [1.82, 2.24) is 15.0 Å². The van der Waals surface area contributed by atoms with E-state index in [1.807, 2.05) is 56.3 Å². The van der Waals surface area contributed by atoms with Crippen LogP contribution in [0.2, 0.25) is 0 Å². The Balaban J connectivity index is 1.49. The van der Waals surface area contributed by atoms with Gasteiger partial charge >= 0.3 is 0 Å². The van der Waals surface area contributed by atoms with E-state index in [9.17, 15) is 4.79 Å². The Kier molecular flexibility index (Phi) is 5.52. The van der Waals surface area contributed by atoms with Gasteiger partial charge in [0.1, 0.15) is 11.4 Å². The van der Waals surface area contributed by atoms with Gasteiger partial charge in [-0.25, -0.2) is 9.97 Å². The number of fused-ring (bicyclic) bond motifs is 1. The monoisotopic (exact) mass is 399 g/mol. The lowest BCUT2D eigenvalue weighted by Crippen LogP contribution is -2.15. The number of pyridine rings is 1. The molecular formula is C23H21N5O2. The molecule has 2 N–H and O–H groups in total. The van der Waals surface area contributed by atoms with Crippen molar-refractivity contribution in [2.45, 2.75) is 20.0 Å². The molecule has 0 atom stereocenters. The van der Waals surface area contributed by atoms with Gasteiger partial charge in [-0.15, -0.1) is 0 Å². The molecule has 2 aromatic heterocycles. The number of aromatic nitrogens is 3. The Morgan fingerprint density at radius 3 is 2.53 bits per heavy atom. The van der Waals surface area contributed by atoms with Crippen molar-refractivity contribution in [3.63, 3.8) is 0 Å². The first-order valence-corrected chi connectivity index (χ1v) is 9.60. The van der Waals surface area contributed by atoms with Crippen molar-refractivity contribution < 1.29 is 9.53 Å². The highest BCUT2D eigenvalue weighted by Gasteiger charge is 2.11. The largest absolute Gasteiger partial charge is 0.491 e. The van der Waals surface area contributed by atoms with Crippen molar-refractivity contribution in [3.05, 3.63) is 78.8 Å². The number of hydrogen-bond donors (Lipinski definition) is 2. The summed E-state index contributed by atoms with van der Waals surface area (Å²) in [5, 5.41) is 6.99. The lowest BCUT2D eigenvalue weighted by molar-refractivity contribution is 0.102. The summed E-state index contributed by atoms with van der Waals surface area (Å²) < 4.78 is 5.61. The van der Waals surface area contributed by atoms with Crippen molar-refractivity contribution in [1.29, 1.82) is 0 Å². The molecule has 0 aliphatic heterocycles. The summed E-state index contributed by atoms with van der Waals surface area (Å²) in [5.41, 5.74) is 2.49. The van der Waals surface area contributed by atoms with E-state index in [0.717, 1.165) is 22.3 Å². The summed E-state index contributed by atoms with van der Waals surface area (Å²) in [7, 11) is 0. The zero-order chi connectivity index (χ0) is 20.9. The Morgan fingerprint density at radius 2 is 1.73 bits per heavy atom. The number of amides is 1. The molecule has 7 heteroatoms. The molecule has 4 aromatic rings. The second-order valence-electron chi connectivity index (χ2n) is 6.92. The smallest absolute Gasteiger partial charge is 0.274 e. The fraction of sp³-hybridized carbons (Fsp3) is 0.130. The van der Waals surface area contributed by atoms with Gasteiger partial charge in [0.25, 0.3) is 5.91 Å². The van der Waals surface area contributed by atoms with Crippen LogP contribution in [0.4, 0.5) is 17.3 Å². The number of hydrogen-bond acceptors (Lipinski definition) is 6. The van der Waals surface area contributed by atoms with E-state index in [4.69, 9.17) is 4.74 Å². The Morgan fingerprint density at radius 1 is 0.933 bits per heavy atom. The van der Waals surface area contributed by atoms with E-state index in [0.29, 0.717) is 11.6 Å². The molecule has 1 amide bonds. The van der Waals surface area contributed by atoms with E-state index < -0.39 is 0 Å². The number of nitrogens with zero attached hydrogens (tertiary/aromatic N) is 3. The van der Waals surface area contributed by atoms with Crippen LogP contribution in [0.3, 0.4) is 0 Å². The van der Waals surface area contributed by atoms with Crippen LogP contribution in [0.5, 0.6) is 5.75 Å². The van der Waals surface area contributed by atoms with Gasteiger partial charge < -0.3 is 15.4 Å². The quantitative estimate of drug-likeness (QED) is 0.484. The number of carbonyl (C=O) groups excluding carboxylic acids is 1. The molecule has 30 heavy (non-hydrogen) atoms. The Bertz CT molecular complexity index is 1170. The van der Waals surface area contributed by atoms with Crippen LogP contribution < -0.4 is 15.4 Å². The van der Waals surface area contributed by atoms with Gasteiger partial charge in [0.05, 0.1) is 17.3 Å². The van der Waals surface area contributed by atoms with Gasteiger partial charge in [0.15, 0.2) is 0 Å². The first-order chi connectivity index (χ1) is 14.6. The Hall–Kier alpha value is -4.00. The number of nitrogens with one attached hydrogen (secondary N) is 2. The predicted octanol–water partition coefficient (Wildman–Crippen LogP) is 4.81. The average Bonchev–Trinajstić information content (AvgIpc) is 2.75. The van der Waals surface area contributed by atoms with Crippen LogP contribution >= 0.6 is 0 Å². The number of anilines is 3. The Labute approximate surface area is 174 Å². The molecule has 4 rings (SSSR count). The first kappa shape index (κ1) is 19.3. The summed E-state index contributed by atoms with van der Waals surface area (Å²) in [5.74, 6) is 0.746. The van der Waals surface area contributed by atoms with E-state index in [1.54, 1.807) is 30.6 Å². The van der Waals surface area contributed by atoms with Crippen LogP contribution in [0.15, 0.2) is 73.1 Å². The predicted molar refractivity (Wildman–Crippen MR) is 117 cm³/mol. The highest BCUT2D eigenvalue weighted by molar-refractivity contribution is 6.03. The average molecular weight is 399 g/mol. The second-order valence-corrected chi connectivity index (χ2v) is 6.92. The van der Waals surface area contributed by atoms with Crippen molar-refractivity contribution in [3.8, 4) is 5.75 Å².